The zero-order valence-corrected chi connectivity index (χ0v) is 24.4. The third-order valence-corrected chi connectivity index (χ3v) is 4.98. The summed E-state index contributed by atoms with van der Waals surface area (Å²) in [7, 11) is 0. The Balaban J connectivity index is 0.000000182. The van der Waals surface area contributed by atoms with E-state index < -0.39 is 35.6 Å². The van der Waals surface area contributed by atoms with E-state index >= 15 is 0 Å². The van der Waals surface area contributed by atoms with Crippen LogP contribution < -0.4 is 10.2 Å². The predicted molar refractivity (Wildman–Crippen MR) is 136 cm³/mol. The number of rotatable bonds is 3. The second-order valence-corrected chi connectivity index (χ2v) is 8.10. The second kappa shape index (κ2) is 15.2. The van der Waals surface area contributed by atoms with Crippen LogP contribution in [0, 0.1) is 17.7 Å². The van der Waals surface area contributed by atoms with Crippen LogP contribution in [-0.4, -0.2) is 35.1 Å². The number of aromatic nitrogens is 9. The first-order chi connectivity index (χ1) is 20.9. The van der Waals surface area contributed by atoms with Crippen molar-refractivity contribution < 1.29 is 55.2 Å². The molecule has 45 heavy (non-hydrogen) atoms. The second-order valence-electron chi connectivity index (χ2n) is 8.10. The minimum Gasteiger partial charge on any atom is -0.413 e. The smallest absolute Gasteiger partial charge is 0.413 e. The van der Waals surface area contributed by atoms with E-state index in [1.807, 2.05) is 0 Å². The molecule has 0 amide bonds. The molecular weight excluding hydrogens is 795 g/mol. The van der Waals surface area contributed by atoms with Gasteiger partial charge < -0.3 is 25.1 Å². The molecule has 0 aliphatic rings. The van der Waals surface area contributed by atoms with Gasteiger partial charge in [-0.3, -0.25) is 28.9 Å². The van der Waals surface area contributed by atoms with Crippen molar-refractivity contribution in [2.45, 2.75) is 12.4 Å². The molecule has 0 saturated carbocycles. The summed E-state index contributed by atoms with van der Waals surface area (Å²) >= 11 is 0. The minimum atomic E-state index is -4.57. The summed E-state index contributed by atoms with van der Waals surface area (Å²) < 4.78 is 98.6. The molecule has 18 heteroatoms. The molecule has 0 atom stereocenters. The van der Waals surface area contributed by atoms with Crippen molar-refractivity contribution in [3.05, 3.63) is 115 Å². The number of nitrogens with zero attached hydrogens (tertiary/aromatic N) is 9. The Bertz CT molecular complexity index is 1670. The molecule has 5 aromatic heterocycles. The first-order valence-corrected chi connectivity index (χ1v) is 11.9. The first kappa shape index (κ1) is 34.5. The summed E-state index contributed by atoms with van der Waals surface area (Å²) in [6, 6.07) is 19.1. The van der Waals surface area contributed by atoms with Gasteiger partial charge >= 0.3 is 32.5 Å². The van der Waals surface area contributed by atoms with Crippen molar-refractivity contribution in [3.63, 3.8) is 0 Å². The molecule has 0 unspecified atom stereocenters. The van der Waals surface area contributed by atoms with Crippen LogP contribution in [0.1, 0.15) is 11.6 Å². The number of alkyl halides is 6. The first-order valence-electron chi connectivity index (χ1n) is 11.9. The van der Waals surface area contributed by atoms with E-state index in [-0.39, 0.29) is 48.7 Å². The maximum Gasteiger partial charge on any atom is 3.00 e. The molecule has 0 spiro atoms. The number of pyridine rings is 3. The van der Waals surface area contributed by atoms with Gasteiger partial charge in [-0.2, -0.15) is 26.3 Å². The Morgan fingerprint density at radius 2 is 1.02 bits per heavy atom. The van der Waals surface area contributed by atoms with Crippen molar-refractivity contribution in [2.75, 3.05) is 0 Å². The molecule has 6 rings (SSSR count). The van der Waals surface area contributed by atoms with Crippen LogP contribution in [0.2, 0.25) is 0 Å². The number of hydrogen-bond donors (Lipinski definition) is 0. The predicted octanol–water partition coefficient (Wildman–Crippen LogP) is 5.85. The van der Waals surface area contributed by atoms with Crippen LogP contribution >= 0.6 is 0 Å². The SMILES string of the molecule is FC(F)(F)c1n[n-]c(-c2ccccn2)n1.FC(F)(F)c1n[n-]c(-c2ccccn2)n1.Fc1c[c-]c(-c2ccccn2)c(F)c1.[Ir+3]. The Kier molecular flexibility index (Phi) is 11.6. The van der Waals surface area contributed by atoms with Gasteiger partial charge in [-0.25, -0.2) is 0 Å². The van der Waals surface area contributed by atoms with Crippen LogP contribution in [0.5, 0.6) is 0 Å². The topological polar surface area (TPSA) is 118 Å². The molecule has 232 valence electrons. The Morgan fingerprint density at radius 3 is 1.36 bits per heavy atom. The molecule has 0 radical (unpaired) electrons. The van der Waals surface area contributed by atoms with E-state index in [1.165, 1.54) is 24.5 Å². The molecule has 9 nitrogen and oxygen atoms in total. The van der Waals surface area contributed by atoms with E-state index in [4.69, 9.17) is 0 Å². The van der Waals surface area contributed by atoms with Gasteiger partial charge in [0.05, 0.1) is 11.4 Å². The van der Waals surface area contributed by atoms with Crippen LogP contribution in [0.15, 0.2) is 85.3 Å². The molecule has 1 aromatic carbocycles. The summed E-state index contributed by atoms with van der Waals surface area (Å²) in [4.78, 5) is 18.1. The normalized spacial score (nSPS) is 10.9. The quantitative estimate of drug-likeness (QED) is 0.160. The maximum absolute atomic E-state index is 13.2. The van der Waals surface area contributed by atoms with Gasteiger partial charge in [0.15, 0.2) is 0 Å². The van der Waals surface area contributed by atoms with Crippen molar-refractivity contribution in [2.24, 2.45) is 0 Å². The third-order valence-electron chi connectivity index (χ3n) is 4.98. The molecular formula is C27H14F8IrN9. The Morgan fingerprint density at radius 1 is 0.600 bits per heavy atom. The Hall–Kier alpha value is -4.96. The van der Waals surface area contributed by atoms with Crippen molar-refractivity contribution >= 4 is 0 Å². The molecule has 0 saturated heterocycles. The largest absolute Gasteiger partial charge is 3.00 e. The summed E-state index contributed by atoms with van der Waals surface area (Å²) in [6.07, 6.45) is -4.70. The van der Waals surface area contributed by atoms with Gasteiger partial charge in [-0.05, 0) is 47.7 Å². The summed E-state index contributed by atoms with van der Waals surface area (Å²) in [5.41, 5.74) is 1.16. The molecule has 0 aliphatic carbocycles. The maximum atomic E-state index is 13.2. The molecule has 0 N–H and O–H groups in total. The van der Waals surface area contributed by atoms with Gasteiger partial charge in [0.2, 0.25) is 0 Å². The zero-order valence-electron chi connectivity index (χ0n) is 22.0. The van der Waals surface area contributed by atoms with E-state index in [9.17, 15) is 35.1 Å². The van der Waals surface area contributed by atoms with Crippen LogP contribution in [0.4, 0.5) is 35.1 Å². The molecule has 6 aromatic rings. The molecule has 0 fully saturated rings. The van der Waals surface area contributed by atoms with Crippen LogP contribution in [-0.2, 0) is 32.5 Å². The number of halogens is 8. The fourth-order valence-electron chi connectivity index (χ4n) is 3.08. The van der Waals surface area contributed by atoms with Gasteiger partial charge in [-0.15, -0.1) is 12.1 Å². The van der Waals surface area contributed by atoms with E-state index in [1.54, 1.807) is 48.7 Å². The van der Waals surface area contributed by atoms with E-state index in [0.29, 0.717) is 5.69 Å². The van der Waals surface area contributed by atoms with Gasteiger partial charge in [0, 0.05) is 30.2 Å². The summed E-state index contributed by atoms with van der Waals surface area (Å²) in [5.74, 6) is -4.02. The summed E-state index contributed by atoms with van der Waals surface area (Å²) in [6.45, 7) is 0. The zero-order chi connectivity index (χ0) is 31.7. The van der Waals surface area contributed by atoms with Gasteiger partial charge in [0.1, 0.15) is 11.6 Å². The van der Waals surface area contributed by atoms with Crippen LogP contribution in [0.3, 0.4) is 0 Å². The third kappa shape index (κ3) is 9.77. The van der Waals surface area contributed by atoms with E-state index in [0.717, 1.165) is 12.1 Å². The minimum absolute atomic E-state index is 0. The fourth-order valence-corrected chi connectivity index (χ4v) is 3.08. The summed E-state index contributed by atoms with van der Waals surface area (Å²) in [5, 5.41) is 12.5. The average molecular weight is 809 g/mol. The Labute approximate surface area is 261 Å². The molecule has 0 bridgehead atoms. The monoisotopic (exact) mass is 809 g/mol. The molecule has 0 aliphatic heterocycles. The van der Waals surface area contributed by atoms with Crippen LogP contribution in [0.25, 0.3) is 34.3 Å². The van der Waals surface area contributed by atoms with Crippen molar-refractivity contribution in [1.82, 2.24) is 45.3 Å². The molecule has 5 heterocycles. The standard InChI is InChI=1S/C11H6F2N.2C8H4F3N4.Ir/c12-8-4-5-9(10(13)7-8)11-3-1-2-6-14-11;2*9-8(10,11)7-13-6(14-15-7)5-3-1-2-4-12-5;/h1-4,6-7H;2*1-4H;/q3*-1;+3. The van der Waals surface area contributed by atoms with Crippen molar-refractivity contribution in [3.8, 4) is 34.3 Å². The number of benzene rings is 1. The van der Waals surface area contributed by atoms with Gasteiger partial charge in [-0.1, -0.05) is 35.9 Å². The average Bonchev–Trinajstić information content (AvgIpc) is 3.71. The van der Waals surface area contributed by atoms with E-state index in [2.05, 4.69) is 51.4 Å². The number of hydrogen-bond acceptors (Lipinski definition) is 7. The van der Waals surface area contributed by atoms with Gasteiger partial charge in [0.25, 0.3) is 0 Å². The van der Waals surface area contributed by atoms with Crippen molar-refractivity contribution in [1.29, 1.82) is 0 Å². The fraction of sp³-hybridized carbons (Fsp3) is 0.0741.